The van der Waals surface area contributed by atoms with E-state index in [1.54, 1.807) is 10.8 Å². The molecule has 0 saturated carbocycles. The van der Waals surface area contributed by atoms with Gasteiger partial charge in [-0.1, -0.05) is 82.3 Å². The smallest absolute Gasteiger partial charge is 0.0771 e. The molecule has 0 radical (unpaired) electrons. The highest BCUT2D eigenvalue weighted by molar-refractivity contribution is 9.10. The van der Waals surface area contributed by atoms with E-state index in [0.29, 0.717) is 5.92 Å². The molecular weight excluding hydrogens is 336 g/mol. The van der Waals surface area contributed by atoms with E-state index in [9.17, 15) is 0 Å². The third-order valence-corrected chi connectivity index (χ3v) is 7.43. The minimum Gasteiger partial charge on any atom is -0.0812 e. The van der Waals surface area contributed by atoms with Crippen LogP contribution in [0, 0.1) is 0 Å². The van der Waals surface area contributed by atoms with Gasteiger partial charge in [-0.2, -0.15) is 0 Å². The minimum atomic E-state index is -1.16. The van der Waals surface area contributed by atoms with Gasteiger partial charge in [-0.05, 0) is 37.0 Å². The molecule has 1 aromatic carbocycles. The van der Waals surface area contributed by atoms with Crippen LogP contribution in [0.3, 0.4) is 0 Å². The summed E-state index contributed by atoms with van der Waals surface area (Å²) in [7, 11) is -1.16. The Labute approximate surface area is 137 Å². The summed E-state index contributed by atoms with van der Waals surface area (Å²) in [6, 6.07) is 6.60. The van der Waals surface area contributed by atoms with Crippen molar-refractivity contribution in [2.24, 2.45) is 0 Å². The summed E-state index contributed by atoms with van der Waals surface area (Å²) in [6.45, 7) is 9.59. The predicted molar refractivity (Wildman–Crippen MR) is 99.3 cm³/mol. The monoisotopic (exact) mass is 358 g/mol. The van der Waals surface area contributed by atoms with Crippen LogP contribution in [0.1, 0.15) is 36.8 Å². The summed E-state index contributed by atoms with van der Waals surface area (Å²) < 4.78 is 1.23. The van der Waals surface area contributed by atoms with Gasteiger partial charge in [0.1, 0.15) is 0 Å². The lowest BCUT2D eigenvalue weighted by Crippen LogP contribution is -2.21. The second-order valence-electron chi connectivity index (χ2n) is 7.30. The molecule has 110 valence electrons. The second kappa shape index (κ2) is 5.40. The zero-order valence-electron chi connectivity index (χ0n) is 13.3. The van der Waals surface area contributed by atoms with Crippen molar-refractivity contribution in [3.63, 3.8) is 0 Å². The molecule has 1 unspecified atom stereocenters. The number of benzene rings is 1. The molecule has 0 bridgehead atoms. The van der Waals surface area contributed by atoms with Crippen LogP contribution in [-0.4, -0.2) is 8.07 Å². The van der Waals surface area contributed by atoms with Crippen molar-refractivity contribution < 1.29 is 0 Å². The Kier molecular flexibility index (Phi) is 3.87. The van der Waals surface area contributed by atoms with Crippen molar-refractivity contribution in [2.45, 2.75) is 45.3 Å². The van der Waals surface area contributed by atoms with E-state index in [0.717, 1.165) is 6.42 Å². The van der Waals surface area contributed by atoms with Crippen LogP contribution in [0.15, 0.2) is 51.2 Å². The number of allylic oxidation sites excluding steroid dienone is 5. The van der Waals surface area contributed by atoms with Crippen LogP contribution in [0.4, 0.5) is 0 Å². The molecule has 3 rings (SSSR count). The Morgan fingerprint density at radius 1 is 1.19 bits per heavy atom. The standard InChI is InChI=1S/C19H23BrSi/c1-13-10-18-16(6-5-7-19(18)20)17(13)12-14-8-9-15(11-14)21(2,3)4/h5-7,9-11,17H,8,12H2,1-4H3. The lowest BCUT2D eigenvalue weighted by Gasteiger charge is -2.17. The fourth-order valence-electron chi connectivity index (χ4n) is 3.36. The number of rotatable bonds is 3. The summed E-state index contributed by atoms with van der Waals surface area (Å²) in [6.07, 6.45) is 9.66. The number of hydrogen-bond donors (Lipinski definition) is 0. The van der Waals surface area contributed by atoms with Crippen LogP contribution in [-0.2, 0) is 0 Å². The highest BCUT2D eigenvalue weighted by atomic mass is 79.9. The Balaban J connectivity index is 1.83. The van der Waals surface area contributed by atoms with Crippen molar-refractivity contribution in [1.29, 1.82) is 0 Å². The molecule has 0 spiro atoms. The SMILES string of the molecule is CC1=Cc2c(Br)cccc2C1CC1=CC([Si](C)(C)C)=CC1. The van der Waals surface area contributed by atoms with E-state index < -0.39 is 8.07 Å². The molecule has 0 aromatic heterocycles. The van der Waals surface area contributed by atoms with Crippen molar-refractivity contribution in [3.05, 3.63) is 62.3 Å². The maximum Gasteiger partial charge on any atom is 0.0771 e. The normalized spacial score (nSPS) is 21.0. The summed E-state index contributed by atoms with van der Waals surface area (Å²) in [4.78, 5) is 0. The summed E-state index contributed by atoms with van der Waals surface area (Å²) >= 11 is 3.69. The Bertz CT molecular complexity index is 671. The molecule has 1 atom stereocenters. The fraction of sp³-hybridized carbons (Fsp3) is 0.368. The van der Waals surface area contributed by atoms with E-state index in [1.807, 2.05) is 0 Å². The molecule has 21 heavy (non-hydrogen) atoms. The lowest BCUT2D eigenvalue weighted by molar-refractivity contribution is 0.784. The third kappa shape index (κ3) is 2.88. The average Bonchev–Trinajstić information content (AvgIpc) is 2.97. The molecule has 0 nitrogen and oxygen atoms in total. The van der Waals surface area contributed by atoms with Crippen LogP contribution in [0.2, 0.25) is 19.6 Å². The number of fused-ring (bicyclic) bond motifs is 1. The molecule has 0 amide bonds. The molecule has 2 aliphatic carbocycles. The van der Waals surface area contributed by atoms with E-state index in [2.05, 4.69) is 78.9 Å². The first kappa shape index (κ1) is 15.0. The zero-order chi connectivity index (χ0) is 15.2. The van der Waals surface area contributed by atoms with Crippen LogP contribution in [0.25, 0.3) is 6.08 Å². The van der Waals surface area contributed by atoms with Gasteiger partial charge in [0.2, 0.25) is 0 Å². The minimum absolute atomic E-state index is 0.568. The summed E-state index contributed by atoms with van der Waals surface area (Å²) in [5, 5.41) is 1.63. The van der Waals surface area contributed by atoms with Crippen molar-refractivity contribution in [2.75, 3.05) is 0 Å². The van der Waals surface area contributed by atoms with Gasteiger partial charge in [0.25, 0.3) is 0 Å². The largest absolute Gasteiger partial charge is 0.0812 e. The molecule has 2 aliphatic rings. The van der Waals surface area contributed by atoms with E-state index >= 15 is 0 Å². The number of halogens is 1. The third-order valence-electron chi connectivity index (χ3n) is 4.66. The zero-order valence-corrected chi connectivity index (χ0v) is 15.9. The summed E-state index contributed by atoms with van der Waals surface area (Å²) in [5.41, 5.74) is 5.98. The van der Waals surface area contributed by atoms with Gasteiger partial charge >= 0.3 is 0 Å². The first-order valence-electron chi connectivity index (χ1n) is 7.73. The molecule has 0 saturated heterocycles. The lowest BCUT2D eigenvalue weighted by atomic mass is 9.89. The van der Waals surface area contributed by atoms with E-state index in [-0.39, 0.29) is 0 Å². The molecule has 2 heteroatoms. The van der Waals surface area contributed by atoms with Crippen LogP contribution in [0.5, 0.6) is 0 Å². The quantitative estimate of drug-likeness (QED) is 0.542. The van der Waals surface area contributed by atoms with Gasteiger partial charge in [-0.25, -0.2) is 0 Å². The number of hydrogen-bond acceptors (Lipinski definition) is 0. The Hall–Kier alpha value is -0.863. The molecular formula is C19H23BrSi. The summed E-state index contributed by atoms with van der Waals surface area (Å²) in [5.74, 6) is 0.568. The maximum absolute atomic E-state index is 3.69. The first-order chi connectivity index (χ1) is 9.86. The Morgan fingerprint density at radius 2 is 1.95 bits per heavy atom. The van der Waals surface area contributed by atoms with Gasteiger partial charge in [-0.3, -0.25) is 0 Å². The van der Waals surface area contributed by atoms with Crippen molar-refractivity contribution in [1.82, 2.24) is 0 Å². The van der Waals surface area contributed by atoms with Crippen LogP contribution < -0.4 is 0 Å². The predicted octanol–water partition coefficient (Wildman–Crippen LogP) is 6.47. The topological polar surface area (TPSA) is 0 Å². The molecule has 0 heterocycles. The second-order valence-corrected chi connectivity index (χ2v) is 13.2. The van der Waals surface area contributed by atoms with Crippen LogP contribution >= 0.6 is 15.9 Å². The highest BCUT2D eigenvalue weighted by Crippen LogP contribution is 2.44. The first-order valence-corrected chi connectivity index (χ1v) is 12.0. The van der Waals surface area contributed by atoms with Gasteiger partial charge < -0.3 is 0 Å². The molecule has 1 aromatic rings. The molecule has 0 N–H and O–H groups in total. The van der Waals surface area contributed by atoms with E-state index in [1.165, 1.54) is 27.6 Å². The Morgan fingerprint density at radius 3 is 2.62 bits per heavy atom. The average molecular weight is 359 g/mol. The highest BCUT2D eigenvalue weighted by Gasteiger charge is 2.27. The van der Waals surface area contributed by atoms with Crippen molar-refractivity contribution >= 4 is 30.1 Å². The molecule has 0 aliphatic heterocycles. The fourth-order valence-corrected chi connectivity index (χ4v) is 5.21. The van der Waals surface area contributed by atoms with Crippen molar-refractivity contribution in [3.8, 4) is 0 Å². The molecule has 0 fully saturated rings. The maximum atomic E-state index is 3.69. The van der Waals surface area contributed by atoms with Gasteiger partial charge in [-0.15, -0.1) is 0 Å². The van der Waals surface area contributed by atoms with Gasteiger partial charge in [0, 0.05) is 10.4 Å². The van der Waals surface area contributed by atoms with E-state index in [4.69, 9.17) is 0 Å². The van der Waals surface area contributed by atoms with Gasteiger partial charge in [0.05, 0.1) is 8.07 Å². The van der Waals surface area contributed by atoms with Gasteiger partial charge in [0.15, 0.2) is 0 Å².